The summed E-state index contributed by atoms with van der Waals surface area (Å²) in [7, 11) is 0. The summed E-state index contributed by atoms with van der Waals surface area (Å²) in [5.74, 6) is 2.30. The molecule has 28 heavy (non-hydrogen) atoms. The second-order valence-electron chi connectivity index (χ2n) is 7.26. The minimum atomic E-state index is 0.509. The van der Waals surface area contributed by atoms with Crippen LogP contribution in [0.15, 0.2) is 36.8 Å². The van der Waals surface area contributed by atoms with E-state index >= 15 is 0 Å². The molecule has 0 amide bonds. The van der Waals surface area contributed by atoms with Crippen LogP contribution in [-0.2, 0) is 13.0 Å². The van der Waals surface area contributed by atoms with Crippen molar-refractivity contribution in [3.63, 3.8) is 0 Å². The van der Waals surface area contributed by atoms with E-state index in [0.717, 1.165) is 55.7 Å². The van der Waals surface area contributed by atoms with Gasteiger partial charge < -0.3 is 5.32 Å². The molecule has 6 nitrogen and oxygen atoms in total. The van der Waals surface area contributed by atoms with Crippen LogP contribution < -0.4 is 5.32 Å². The third kappa shape index (κ3) is 4.72. The Bertz CT molecular complexity index is 899. The third-order valence-electron chi connectivity index (χ3n) is 5.11. The second kappa shape index (κ2) is 8.75. The molecule has 1 aliphatic rings. The maximum atomic E-state index is 4.85. The predicted molar refractivity (Wildman–Crippen MR) is 113 cm³/mol. The number of hydrogen-bond donors (Lipinski definition) is 1. The van der Waals surface area contributed by atoms with E-state index < -0.39 is 0 Å². The maximum absolute atomic E-state index is 4.85. The summed E-state index contributed by atoms with van der Waals surface area (Å²) < 4.78 is 0. The molecule has 0 unspecified atom stereocenters. The van der Waals surface area contributed by atoms with Crippen molar-refractivity contribution >= 4 is 22.3 Å². The molecule has 3 aromatic heterocycles. The highest BCUT2D eigenvalue weighted by Gasteiger charge is 2.22. The summed E-state index contributed by atoms with van der Waals surface area (Å²) in [4.78, 5) is 21.7. The molecule has 1 fully saturated rings. The smallest absolute Gasteiger partial charge is 0.188 e. The van der Waals surface area contributed by atoms with Crippen molar-refractivity contribution in [3.05, 3.63) is 58.7 Å². The standard InChI is InChI=1S/C21H26N6S/c1-3-19-22-12-16(13-23-19)14-27-9-7-17(8-10-27)18-5-4-6-20(25-18)26-21-24-11-15(2)28-21/h4-6,11-13,17H,3,7-10,14H2,1-2H3,(H,24,25,26). The zero-order valence-corrected chi connectivity index (χ0v) is 17.2. The van der Waals surface area contributed by atoms with Crippen LogP contribution in [0.2, 0.25) is 0 Å². The second-order valence-corrected chi connectivity index (χ2v) is 8.50. The van der Waals surface area contributed by atoms with Gasteiger partial charge in [0.15, 0.2) is 5.13 Å². The van der Waals surface area contributed by atoms with Crippen molar-refractivity contribution in [3.8, 4) is 0 Å². The van der Waals surface area contributed by atoms with Gasteiger partial charge >= 0.3 is 0 Å². The van der Waals surface area contributed by atoms with Crippen molar-refractivity contribution < 1.29 is 0 Å². The van der Waals surface area contributed by atoms with Crippen LogP contribution in [0.5, 0.6) is 0 Å². The molecular weight excluding hydrogens is 368 g/mol. The molecule has 0 aromatic carbocycles. The van der Waals surface area contributed by atoms with Crippen LogP contribution in [0, 0.1) is 6.92 Å². The molecule has 3 aromatic rings. The van der Waals surface area contributed by atoms with E-state index in [2.05, 4.69) is 51.1 Å². The number of hydrogen-bond acceptors (Lipinski definition) is 7. The highest BCUT2D eigenvalue weighted by atomic mass is 32.1. The minimum Gasteiger partial charge on any atom is -0.316 e. The van der Waals surface area contributed by atoms with E-state index in [4.69, 9.17) is 4.98 Å². The number of aromatic nitrogens is 4. The van der Waals surface area contributed by atoms with Crippen LogP contribution in [-0.4, -0.2) is 37.9 Å². The fourth-order valence-electron chi connectivity index (χ4n) is 3.56. The van der Waals surface area contributed by atoms with E-state index in [1.54, 1.807) is 11.3 Å². The first-order chi connectivity index (χ1) is 13.7. The zero-order chi connectivity index (χ0) is 19.3. The van der Waals surface area contributed by atoms with E-state index in [-0.39, 0.29) is 0 Å². The molecule has 0 spiro atoms. The number of nitrogens with zero attached hydrogens (tertiary/aromatic N) is 5. The fraction of sp³-hybridized carbons (Fsp3) is 0.429. The number of aryl methyl sites for hydroxylation is 2. The zero-order valence-electron chi connectivity index (χ0n) is 16.4. The first-order valence-electron chi connectivity index (χ1n) is 9.88. The largest absolute Gasteiger partial charge is 0.316 e. The average Bonchev–Trinajstić information content (AvgIpc) is 3.14. The normalized spacial score (nSPS) is 15.6. The summed E-state index contributed by atoms with van der Waals surface area (Å²) >= 11 is 1.65. The Kier molecular flexibility index (Phi) is 5.92. The van der Waals surface area contributed by atoms with Crippen molar-refractivity contribution in [2.24, 2.45) is 0 Å². The Balaban J connectivity index is 1.33. The molecule has 1 N–H and O–H groups in total. The molecule has 0 bridgehead atoms. The van der Waals surface area contributed by atoms with E-state index in [1.807, 2.05) is 24.7 Å². The van der Waals surface area contributed by atoms with Gasteiger partial charge in [-0.25, -0.2) is 19.9 Å². The number of nitrogens with one attached hydrogen (secondary N) is 1. The Morgan fingerprint density at radius 3 is 2.57 bits per heavy atom. The lowest BCUT2D eigenvalue weighted by Gasteiger charge is -2.31. The highest BCUT2D eigenvalue weighted by Crippen LogP contribution is 2.29. The molecule has 4 heterocycles. The van der Waals surface area contributed by atoms with Crippen molar-refractivity contribution in [1.82, 2.24) is 24.8 Å². The topological polar surface area (TPSA) is 66.8 Å². The van der Waals surface area contributed by atoms with Gasteiger partial charge in [0.05, 0.1) is 0 Å². The summed E-state index contributed by atoms with van der Waals surface area (Å²) in [6, 6.07) is 6.25. The van der Waals surface area contributed by atoms with Gasteiger partial charge in [0.25, 0.3) is 0 Å². The van der Waals surface area contributed by atoms with E-state index in [0.29, 0.717) is 5.92 Å². The minimum absolute atomic E-state index is 0.509. The molecule has 0 atom stereocenters. The van der Waals surface area contributed by atoms with Crippen molar-refractivity contribution in [2.45, 2.75) is 45.6 Å². The molecule has 7 heteroatoms. The van der Waals surface area contributed by atoms with E-state index in [9.17, 15) is 0 Å². The first-order valence-corrected chi connectivity index (χ1v) is 10.7. The monoisotopic (exact) mass is 394 g/mol. The van der Waals surface area contributed by atoms with E-state index in [1.165, 1.54) is 16.1 Å². The van der Waals surface area contributed by atoms with Crippen LogP contribution in [0.3, 0.4) is 0 Å². The SMILES string of the molecule is CCc1ncc(CN2CCC(c3cccc(Nc4ncc(C)s4)n3)CC2)cn1. The Morgan fingerprint density at radius 1 is 1.11 bits per heavy atom. The molecule has 0 radical (unpaired) electrons. The molecule has 0 aliphatic carbocycles. The van der Waals surface area contributed by atoms with Gasteiger partial charge in [-0.15, -0.1) is 11.3 Å². The van der Waals surface area contributed by atoms with Gasteiger partial charge in [0.1, 0.15) is 11.6 Å². The number of anilines is 2. The number of thiazole rings is 1. The van der Waals surface area contributed by atoms with Crippen LogP contribution in [0.4, 0.5) is 10.9 Å². The number of rotatable bonds is 6. The summed E-state index contributed by atoms with van der Waals surface area (Å²) in [5, 5.41) is 4.22. The third-order valence-corrected chi connectivity index (χ3v) is 5.94. The van der Waals surface area contributed by atoms with Crippen LogP contribution in [0.25, 0.3) is 0 Å². The average molecular weight is 395 g/mol. The summed E-state index contributed by atoms with van der Waals surface area (Å²) in [6.07, 6.45) is 8.95. The molecule has 146 valence electrons. The summed E-state index contributed by atoms with van der Waals surface area (Å²) in [6.45, 7) is 7.21. The van der Waals surface area contributed by atoms with Crippen LogP contribution >= 0.6 is 11.3 Å². The molecule has 1 saturated heterocycles. The molecule has 0 saturated carbocycles. The number of piperidine rings is 1. The van der Waals surface area contributed by atoms with Gasteiger partial charge in [-0.2, -0.15) is 0 Å². The Labute approximate surface area is 170 Å². The Hall–Kier alpha value is -2.38. The van der Waals surface area contributed by atoms with Crippen LogP contribution in [0.1, 0.15) is 47.6 Å². The number of likely N-dealkylation sites (tertiary alicyclic amines) is 1. The van der Waals surface area contributed by atoms with Crippen molar-refractivity contribution in [1.29, 1.82) is 0 Å². The molecular formula is C21H26N6S. The predicted octanol–water partition coefficient (Wildman–Crippen LogP) is 4.32. The highest BCUT2D eigenvalue weighted by molar-refractivity contribution is 7.15. The van der Waals surface area contributed by atoms with Gasteiger partial charge in [-0.3, -0.25) is 4.90 Å². The van der Waals surface area contributed by atoms with Gasteiger partial charge in [0, 0.05) is 53.6 Å². The first kappa shape index (κ1) is 19.0. The van der Waals surface area contributed by atoms with Gasteiger partial charge in [0.2, 0.25) is 0 Å². The fourth-order valence-corrected chi connectivity index (χ4v) is 4.23. The molecule has 4 rings (SSSR count). The molecule has 1 aliphatic heterocycles. The van der Waals surface area contributed by atoms with Gasteiger partial charge in [-0.1, -0.05) is 13.0 Å². The number of pyridine rings is 1. The lowest BCUT2D eigenvalue weighted by molar-refractivity contribution is 0.203. The Morgan fingerprint density at radius 2 is 1.89 bits per heavy atom. The maximum Gasteiger partial charge on any atom is 0.188 e. The van der Waals surface area contributed by atoms with Gasteiger partial charge in [-0.05, 0) is 45.0 Å². The van der Waals surface area contributed by atoms with Crippen molar-refractivity contribution in [2.75, 3.05) is 18.4 Å². The quantitative estimate of drug-likeness (QED) is 0.671. The lowest BCUT2D eigenvalue weighted by atomic mass is 9.93. The lowest BCUT2D eigenvalue weighted by Crippen LogP contribution is -2.32. The summed E-state index contributed by atoms with van der Waals surface area (Å²) in [5.41, 5.74) is 2.37.